The van der Waals surface area contributed by atoms with E-state index in [1.165, 1.54) is 4.88 Å². The Labute approximate surface area is 127 Å². The molecule has 2 aromatic rings. The lowest BCUT2D eigenvalue weighted by Gasteiger charge is -2.23. The second-order valence-electron chi connectivity index (χ2n) is 4.24. The Hall–Kier alpha value is -1.72. The topological polar surface area (TPSA) is 61.8 Å². The summed E-state index contributed by atoms with van der Waals surface area (Å²) < 4.78 is 0. The summed E-state index contributed by atoms with van der Waals surface area (Å²) in [6.45, 7) is 3.81. The third-order valence-electron chi connectivity index (χ3n) is 3.01. The first-order chi connectivity index (χ1) is 9.65. The van der Waals surface area contributed by atoms with Gasteiger partial charge < -0.3 is 15.8 Å². The zero-order valence-corrected chi connectivity index (χ0v) is 12.7. The van der Waals surface area contributed by atoms with Crippen molar-refractivity contribution in [1.82, 2.24) is 0 Å². The third kappa shape index (κ3) is 3.23. The summed E-state index contributed by atoms with van der Waals surface area (Å²) in [6, 6.07) is 9.69. The fourth-order valence-corrected chi connectivity index (χ4v) is 2.93. The van der Waals surface area contributed by atoms with Gasteiger partial charge in [-0.2, -0.15) is 0 Å². The highest BCUT2D eigenvalue weighted by Crippen LogP contribution is 2.25. The highest BCUT2D eigenvalue weighted by Gasteiger charge is 2.11. The second kappa shape index (κ2) is 6.63. The van der Waals surface area contributed by atoms with Gasteiger partial charge in [-0.1, -0.05) is 22.8 Å². The molecule has 0 unspecified atom stereocenters. The van der Waals surface area contributed by atoms with Crippen molar-refractivity contribution in [3.8, 4) is 0 Å². The van der Waals surface area contributed by atoms with Crippen LogP contribution in [0.25, 0.3) is 0 Å². The maximum atomic E-state index is 8.70. The van der Waals surface area contributed by atoms with Crippen molar-refractivity contribution in [3.63, 3.8) is 0 Å². The van der Waals surface area contributed by atoms with Gasteiger partial charge in [0.05, 0.1) is 11.6 Å². The predicted molar refractivity (Wildman–Crippen MR) is 85.0 cm³/mol. The van der Waals surface area contributed by atoms with Crippen molar-refractivity contribution in [2.75, 3.05) is 11.4 Å². The van der Waals surface area contributed by atoms with Gasteiger partial charge in [0, 0.05) is 22.7 Å². The van der Waals surface area contributed by atoms with Gasteiger partial charge in [-0.05, 0) is 36.6 Å². The number of rotatable bonds is 5. The summed E-state index contributed by atoms with van der Waals surface area (Å²) in [6.07, 6.45) is 0. The smallest absolute Gasteiger partial charge is 0.171 e. The molecule has 0 aliphatic heterocycles. The van der Waals surface area contributed by atoms with Crippen molar-refractivity contribution < 1.29 is 5.21 Å². The van der Waals surface area contributed by atoms with Crippen LogP contribution in [0.2, 0.25) is 5.02 Å². The quantitative estimate of drug-likeness (QED) is 0.384. The van der Waals surface area contributed by atoms with Crippen LogP contribution in [0.5, 0.6) is 0 Å². The Kier molecular flexibility index (Phi) is 4.87. The zero-order chi connectivity index (χ0) is 14.5. The highest BCUT2D eigenvalue weighted by molar-refractivity contribution is 7.09. The van der Waals surface area contributed by atoms with Gasteiger partial charge in [0.2, 0.25) is 0 Å². The molecule has 0 spiro atoms. The molecule has 4 nitrogen and oxygen atoms in total. The van der Waals surface area contributed by atoms with Gasteiger partial charge in [0.15, 0.2) is 5.84 Å². The summed E-state index contributed by atoms with van der Waals surface area (Å²) in [4.78, 5) is 3.51. The lowest BCUT2D eigenvalue weighted by Crippen LogP contribution is -2.22. The molecule has 0 saturated heterocycles. The number of anilines is 1. The zero-order valence-electron chi connectivity index (χ0n) is 11.1. The lowest BCUT2D eigenvalue weighted by molar-refractivity contribution is 0.318. The second-order valence-corrected chi connectivity index (χ2v) is 5.68. The van der Waals surface area contributed by atoms with Crippen LogP contribution in [0, 0.1) is 0 Å². The van der Waals surface area contributed by atoms with E-state index < -0.39 is 0 Å². The van der Waals surface area contributed by atoms with Crippen LogP contribution in [0.4, 0.5) is 5.69 Å². The Morgan fingerprint density at radius 3 is 2.80 bits per heavy atom. The first kappa shape index (κ1) is 14.7. The number of halogens is 1. The molecule has 0 bridgehead atoms. The molecule has 2 rings (SSSR count). The molecule has 0 aliphatic rings. The molecule has 0 aliphatic carbocycles. The van der Waals surface area contributed by atoms with Gasteiger partial charge in [-0.15, -0.1) is 11.3 Å². The van der Waals surface area contributed by atoms with Gasteiger partial charge in [0.1, 0.15) is 0 Å². The van der Waals surface area contributed by atoms with Gasteiger partial charge in [0.25, 0.3) is 0 Å². The fourth-order valence-electron chi connectivity index (χ4n) is 1.94. The highest BCUT2D eigenvalue weighted by atomic mass is 35.5. The number of amidine groups is 1. The van der Waals surface area contributed by atoms with E-state index in [0.717, 1.165) is 18.8 Å². The molecule has 20 heavy (non-hydrogen) atoms. The van der Waals surface area contributed by atoms with Crippen molar-refractivity contribution in [3.05, 3.63) is 51.2 Å². The van der Waals surface area contributed by atoms with Gasteiger partial charge in [-0.25, -0.2) is 0 Å². The third-order valence-corrected chi connectivity index (χ3v) is 4.18. The van der Waals surface area contributed by atoms with Crippen LogP contribution in [0.3, 0.4) is 0 Å². The van der Waals surface area contributed by atoms with Crippen LogP contribution in [0.1, 0.15) is 17.4 Å². The van der Waals surface area contributed by atoms with Gasteiger partial charge >= 0.3 is 0 Å². The Bertz CT molecular complexity index is 598. The summed E-state index contributed by atoms with van der Waals surface area (Å²) in [5.74, 6) is 0.0165. The Morgan fingerprint density at radius 2 is 2.25 bits per heavy atom. The molecule has 1 aromatic carbocycles. The molecular weight excluding hydrogens is 294 g/mol. The lowest BCUT2D eigenvalue weighted by atomic mass is 10.1. The monoisotopic (exact) mass is 309 g/mol. The Morgan fingerprint density at radius 1 is 1.45 bits per heavy atom. The number of benzene rings is 1. The fraction of sp³-hybridized carbons (Fsp3) is 0.214. The molecule has 0 atom stereocenters. The average molecular weight is 310 g/mol. The minimum atomic E-state index is 0.0165. The first-order valence-electron chi connectivity index (χ1n) is 6.20. The van der Waals surface area contributed by atoms with E-state index in [1.807, 2.05) is 18.2 Å². The molecule has 1 aromatic heterocycles. The molecule has 0 radical (unpaired) electrons. The van der Waals surface area contributed by atoms with Crippen LogP contribution in [-0.2, 0) is 6.54 Å². The maximum absolute atomic E-state index is 8.70. The SMILES string of the molecule is CCN(Cc1cccs1)c1ccc(C(N)=NO)c(Cl)c1. The number of hydrogen-bond acceptors (Lipinski definition) is 4. The largest absolute Gasteiger partial charge is 0.409 e. The summed E-state index contributed by atoms with van der Waals surface area (Å²) >= 11 is 7.92. The first-order valence-corrected chi connectivity index (χ1v) is 7.46. The molecule has 0 fully saturated rings. The average Bonchev–Trinajstić information content (AvgIpc) is 2.96. The summed E-state index contributed by atoms with van der Waals surface area (Å²) in [5.41, 5.74) is 7.11. The predicted octanol–water partition coefficient (Wildman–Crippen LogP) is 3.52. The molecule has 1 heterocycles. The maximum Gasteiger partial charge on any atom is 0.171 e. The van der Waals surface area contributed by atoms with E-state index in [-0.39, 0.29) is 5.84 Å². The Balaban J connectivity index is 2.25. The standard InChI is InChI=1S/C14H16ClN3OS/c1-2-18(9-11-4-3-7-20-11)10-5-6-12(13(15)8-10)14(16)17-19/h3-8,19H,2,9H2,1H3,(H2,16,17). The number of hydrogen-bond donors (Lipinski definition) is 2. The number of nitrogens with two attached hydrogens (primary N) is 1. The molecule has 0 saturated carbocycles. The minimum Gasteiger partial charge on any atom is -0.409 e. The van der Waals surface area contributed by atoms with Crippen molar-refractivity contribution >= 4 is 34.5 Å². The molecule has 0 amide bonds. The molecule has 106 valence electrons. The van der Waals surface area contributed by atoms with Crippen LogP contribution < -0.4 is 10.6 Å². The van der Waals surface area contributed by atoms with Crippen LogP contribution in [0.15, 0.2) is 40.9 Å². The van der Waals surface area contributed by atoms with E-state index in [4.69, 9.17) is 22.5 Å². The van der Waals surface area contributed by atoms with E-state index in [9.17, 15) is 0 Å². The summed E-state index contributed by atoms with van der Waals surface area (Å²) in [7, 11) is 0. The molecular formula is C14H16ClN3OS. The number of thiophene rings is 1. The van der Waals surface area contributed by atoms with E-state index in [1.54, 1.807) is 17.4 Å². The van der Waals surface area contributed by atoms with E-state index in [2.05, 4.69) is 28.4 Å². The molecule has 3 N–H and O–H groups in total. The van der Waals surface area contributed by atoms with E-state index >= 15 is 0 Å². The van der Waals surface area contributed by atoms with Crippen molar-refractivity contribution in [2.45, 2.75) is 13.5 Å². The van der Waals surface area contributed by atoms with Gasteiger partial charge in [-0.3, -0.25) is 0 Å². The summed E-state index contributed by atoms with van der Waals surface area (Å²) in [5, 5.41) is 14.2. The number of oxime groups is 1. The van der Waals surface area contributed by atoms with E-state index in [0.29, 0.717) is 10.6 Å². The van der Waals surface area contributed by atoms with Crippen molar-refractivity contribution in [2.24, 2.45) is 10.9 Å². The molecule has 6 heteroatoms. The number of nitrogens with zero attached hydrogens (tertiary/aromatic N) is 2. The van der Waals surface area contributed by atoms with Crippen LogP contribution >= 0.6 is 22.9 Å². The normalized spacial score (nSPS) is 11.6. The van der Waals surface area contributed by atoms with Crippen molar-refractivity contribution in [1.29, 1.82) is 0 Å². The van der Waals surface area contributed by atoms with Crippen LogP contribution in [-0.4, -0.2) is 17.6 Å². The minimum absolute atomic E-state index is 0.0165.